The minimum atomic E-state index is -1.43. The summed E-state index contributed by atoms with van der Waals surface area (Å²) >= 11 is 0. The molecule has 0 bridgehead atoms. The zero-order chi connectivity index (χ0) is 43.9. The van der Waals surface area contributed by atoms with E-state index in [1.54, 1.807) is 19.1 Å². The first-order valence-corrected chi connectivity index (χ1v) is 19.9. The SMILES string of the molecule is CCOC(=O)c1cnc(-c2cc3cc(OCCOc4cc(C)ccc4C)c(C)cc3o2)o1.Cc1ccc(C)c(OCCOc2cc3cc(-c4ncc(C(=O)[O-])o4)oc3cc2C)c1.[K+].[K+].[OH-]. The number of carboxylic acids is 1. The number of ether oxygens (including phenoxy) is 5. The van der Waals surface area contributed by atoms with Gasteiger partial charge in [-0.3, -0.25) is 0 Å². The smallest absolute Gasteiger partial charge is 0.870 e. The number of hydrogen-bond acceptors (Lipinski definition) is 15. The molecule has 0 unspecified atom stereocenters. The van der Waals surface area contributed by atoms with Crippen LogP contribution >= 0.6 is 0 Å². The van der Waals surface area contributed by atoms with Gasteiger partial charge in [-0.25, -0.2) is 14.8 Å². The van der Waals surface area contributed by atoms with E-state index in [2.05, 4.69) is 16.0 Å². The molecule has 0 aliphatic heterocycles. The normalized spacial score (nSPS) is 10.5. The number of carbonyl (C=O) groups excluding carboxylic acids is 2. The van der Waals surface area contributed by atoms with Gasteiger partial charge in [-0.15, -0.1) is 0 Å². The third-order valence-corrected chi connectivity index (χ3v) is 9.62. The molecule has 1 N–H and O–H groups in total. The van der Waals surface area contributed by atoms with Crippen molar-refractivity contribution in [1.29, 1.82) is 0 Å². The van der Waals surface area contributed by atoms with Crippen molar-refractivity contribution in [3.8, 4) is 46.3 Å². The molecule has 0 fully saturated rings. The van der Waals surface area contributed by atoms with Gasteiger partial charge in [0.15, 0.2) is 17.3 Å². The summed E-state index contributed by atoms with van der Waals surface area (Å²) in [7, 11) is 0. The van der Waals surface area contributed by atoms with E-state index in [-0.39, 0.29) is 138 Å². The molecule has 0 saturated carbocycles. The van der Waals surface area contributed by atoms with E-state index in [1.807, 2.05) is 96.1 Å². The maximum absolute atomic E-state index is 11.8. The standard InChI is InChI=1S/C25H25NO6.C23H21NO6.2K.H2O/c1-5-28-25(27)23-14-26-24(32-23)22-13-18-12-20(17(4)11-21(18)31-22)30-9-8-29-19-10-15(2)6-7-16(19)3;1-13-4-5-14(2)17(8-13)27-6-7-28-18-10-16-11-20(29-19(16)9-15(18)3)22-24-12-21(30-22)23(25)26;;;/h6-7,10-14H,5,8-9H2,1-4H3;4-5,8-12H,6-7H2,1-3H3,(H,25,26);;;1H2/q;;2*+1;/p-2. The number of aromatic carboxylic acids is 1. The van der Waals surface area contributed by atoms with Crippen LogP contribution in [0.4, 0.5) is 0 Å². The van der Waals surface area contributed by atoms with Gasteiger partial charge >= 0.3 is 109 Å². The number of esters is 1. The molecular weight excluding hydrogens is 891 g/mol. The maximum atomic E-state index is 11.8. The van der Waals surface area contributed by atoms with E-state index < -0.39 is 11.9 Å². The molecule has 8 aromatic rings. The Morgan fingerprint density at radius 2 is 0.938 bits per heavy atom. The molecule has 8 rings (SSSR count). The van der Waals surface area contributed by atoms with E-state index in [0.717, 1.165) is 67.6 Å². The van der Waals surface area contributed by atoms with E-state index >= 15 is 0 Å². The van der Waals surface area contributed by atoms with Crippen molar-refractivity contribution in [2.45, 2.75) is 48.5 Å². The summed E-state index contributed by atoms with van der Waals surface area (Å²) in [6.45, 7) is 15.6. The first-order valence-electron chi connectivity index (χ1n) is 19.9. The molecule has 65 heavy (non-hydrogen) atoms. The van der Waals surface area contributed by atoms with E-state index in [4.69, 9.17) is 41.4 Å². The van der Waals surface area contributed by atoms with Crippen LogP contribution in [0, 0.1) is 41.5 Å². The average molecular weight is 937 g/mol. The zero-order valence-electron chi connectivity index (χ0n) is 37.9. The Morgan fingerprint density at radius 1 is 0.538 bits per heavy atom. The summed E-state index contributed by atoms with van der Waals surface area (Å²) in [4.78, 5) is 30.7. The number of hydrogen-bond donors (Lipinski definition) is 0. The Kier molecular flexibility index (Phi) is 20.1. The van der Waals surface area contributed by atoms with Crippen molar-refractivity contribution in [2.75, 3.05) is 33.0 Å². The van der Waals surface area contributed by atoms with Crippen LogP contribution < -0.4 is 127 Å². The topological polar surface area (TPSA) is 212 Å². The summed E-state index contributed by atoms with van der Waals surface area (Å²) in [6.07, 6.45) is 2.42. The number of carbonyl (C=O) groups is 2. The monoisotopic (exact) mass is 936 g/mol. The number of aryl methyl sites for hydroxylation is 6. The Balaban J connectivity index is 0.000000272. The Labute approximate surface area is 460 Å². The van der Waals surface area contributed by atoms with Gasteiger partial charge in [0.25, 0.3) is 11.8 Å². The molecule has 0 spiro atoms. The van der Waals surface area contributed by atoms with Crippen LogP contribution in [0.1, 0.15) is 61.4 Å². The van der Waals surface area contributed by atoms with Gasteiger partial charge in [0.2, 0.25) is 5.76 Å². The summed E-state index contributed by atoms with van der Waals surface area (Å²) < 4.78 is 50.7. The number of oxazole rings is 2. The summed E-state index contributed by atoms with van der Waals surface area (Å²) in [5.74, 6) is 1.91. The Bertz CT molecular complexity index is 2880. The second-order valence-electron chi connectivity index (χ2n) is 14.5. The fourth-order valence-corrected chi connectivity index (χ4v) is 6.36. The predicted molar refractivity (Wildman–Crippen MR) is 229 cm³/mol. The van der Waals surface area contributed by atoms with Gasteiger partial charge in [0.05, 0.1) is 19.0 Å². The van der Waals surface area contributed by atoms with E-state index in [0.29, 0.717) is 54.9 Å². The number of aromatic nitrogens is 2. The van der Waals surface area contributed by atoms with Crippen LogP contribution in [-0.4, -0.2) is 60.4 Å². The molecule has 17 heteroatoms. The second-order valence-corrected chi connectivity index (χ2v) is 14.5. The van der Waals surface area contributed by atoms with Crippen LogP contribution in [-0.2, 0) is 4.74 Å². The van der Waals surface area contributed by atoms with Crippen molar-refractivity contribution in [3.05, 3.63) is 130 Å². The van der Waals surface area contributed by atoms with Crippen LogP contribution in [0.2, 0.25) is 0 Å². The number of nitrogens with zero attached hydrogens (tertiary/aromatic N) is 2. The van der Waals surface area contributed by atoms with Crippen LogP contribution in [0.25, 0.3) is 45.2 Å². The molecule has 0 saturated heterocycles. The van der Waals surface area contributed by atoms with Crippen LogP contribution in [0.3, 0.4) is 0 Å². The molecule has 0 radical (unpaired) electrons. The molecule has 0 amide bonds. The molecule has 4 heterocycles. The van der Waals surface area contributed by atoms with Crippen molar-refractivity contribution in [2.24, 2.45) is 0 Å². The number of fused-ring (bicyclic) bond motifs is 2. The minimum absolute atomic E-state index is 0. The first-order chi connectivity index (χ1) is 29.8. The number of furan rings is 2. The number of benzene rings is 4. The Morgan fingerprint density at radius 3 is 1.34 bits per heavy atom. The van der Waals surface area contributed by atoms with Gasteiger partial charge in [-0.1, -0.05) is 24.3 Å². The van der Waals surface area contributed by atoms with Crippen LogP contribution in [0.5, 0.6) is 23.0 Å². The van der Waals surface area contributed by atoms with E-state index in [1.165, 1.54) is 6.20 Å². The summed E-state index contributed by atoms with van der Waals surface area (Å²) in [6, 6.07) is 23.3. The number of carboxylic acid groups (broad SMARTS) is 1. The molecule has 328 valence electrons. The van der Waals surface area contributed by atoms with Crippen molar-refractivity contribution >= 4 is 33.9 Å². The molecule has 4 aromatic heterocycles. The fourth-order valence-electron chi connectivity index (χ4n) is 6.36. The van der Waals surface area contributed by atoms with Crippen molar-refractivity contribution in [1.82, 2.24) is 9.97 Å². The third kappa shape index (κ3) is 13.7. The second kappa shape index (κ2) is 24.5. The largest absolute Gasteiger partial charge is 1.00 e. The summed E-state index contributed by atoms with van der Waals surface area (Å²) in [5.41, 5.74) is 7.61. The van der Waals surface area contributed by atoms with Crippen molar-refractivity contribution < 1.29 is 164 Å². The molecule has 4 aromatic carbocycles. The van der Waals surface area contributed by atoms with Crippen molar-refractivity contribution in [3.63, 3.8) is 0 Å². The Hall–Kier alpha value is -4.25. The zero-order valence-corrected chi connectivity index (χ0v) is 44.1. The van der Waals surface area contributed by atoms with Gasteiger partial charge in [-0.05, 0) is 130 Å². The molecular formula is C48H46K2N2O13. The first kappa shape index (κ1) is 53.4. The molecule has 0 aliphatic rings. The molecule has 0 aliphatic carbocycles. The van der Waals surface area contributed by atoms with Crippen LogP contribution in [0.15, 0.2) is 103 Å². The van der Waals surface area contributed by atoms with Gasteiger partial charge in [-0.2, -0.15) is 0 Å². The third-order valence-electron chi connectivity index (χ3n) is 9.62. The average Bonchev–Trinajstić information content (AvgIpc) is 4.07. The van der Waals surface area contributed by atoms with Gasteiger partial charge < -0.3 is 56.7 Å². The summed E-state index contributed by atoms with van der Waals surface area (Å²) in [5, 5.41) is 12.5. The predicted octanol–water partition coefficient (Wildman–Crippen LogP) is 3.31. The molecule has 0 atom stereocenters. The maximum Gasteiger partial charge on any atom is 1.00 e. The quantitative estimate of drug-likeness (QED) is 0.0820. The van der Waals surface area contributed by atoms with Gasteiger partial charge in [0, 0.05) is 10.8 Å². The minimum Gasteiger partial charge on any atom is -0.870 e. The molecule has 15 nitrogen and oxygen atoms in total. The van der Waals surface area contributed by atoms with E-state index in [9.17, 15) is 14.7 Å². The van der Waals surface area contributed by atoms with Gasteiger partial charge in [0.1, 0.15) is 66.6 Å². The number of rotatable bonds is 15. The fraction of sp³-hybridized carbons (Fsp3) is 0.250.